The van der Waals surface area contributed by atoms with Crippen molar-refractivity contribution in [3.05, 3.63) is 29.8 Å². The van der Waals surface area contributed by atoms with Crippen LogP contribution in [0.5, 0.6) is 0 Å². The number of aliphatic hydroxyl groups is 1. The number of nitrogens with two attached hydrogens (primary N) is 1. The SMILES string of the molecule is Nc1ccc(CNCCO)cc1. The molecule has 1 aromatic carbocycles. The van der Waals surface area contributed by atoms with Crippen LogP contribution in [0.4, 0.5) is 5.69 Å². The Kier molecular flexibility index (Phi) is 3.57. The van der Waals surface area contributed by atoms with Crippen LogP contribution in [0.25, 0.3) is 0 Å². The smallest absolute Gasteiger partial charge is 0.0556 e. The number of nitrogen functional groups attached to an aromatic ring is 1. The van der Waals surface area contributed by atoms with Gasteiger partial charge in [0.1, 0.15) is 0 Å². The molecule has 0 unspecified atom stereocenters. The molecule has 1 rings (SSSR count). The lowest BCUT2D eigenvalue weighted by Gasteiger charge is -2.02. The molecule has 0 saturated heterocycles. The van der Waals surface area contributed by atoms with Crippen LogP contribution in [0, 0.1) is 0 Å². The lowest BCUT2D eigenvalue weighted by atomic mass is 10.2. The first kappa shape index (κ1) is 9.03. The number of anilines is 1. The van der Waals surface area contributed by atoms with E-state index in [1.165, 1.54) is 5.56 Å². The van der Waals surface area contributed by atoms with E-state index in [9.17, 15) is 0 Å². The molecular formula is C9H14N2O. The van der Waals surface area contributed by atoms with E-state index in [0.717, 1.165) is 12.2 Å². The van der Waals surface area contributed by atoms with E-state index in [0.29, 0.717) is 6.54 Å². The molecule has 12 heavy (non-hydrogen) atoms. The summed E-state index contributed by atoms with van der Waals surface area (Å²) in [6, 6.07) is 7.69. The summed E-state index contributed by atoms with van der Waals surface area (Å²) in [6.45, 7) is 1.58. The Hall–Kier alpha value is -1.06. The van der Waals surface area contributed by atoms with Crippen molar-refractivity contribution in [2.45, 2.75) is 6.54 Å². The van der Waals surface area contributed by atoms with Crippen LogP contribution in [0.1, 0.15) is 5.56 Å². The van der Waals surface area contributed by atoms with Crippen molar-refractivity contribution >= 4 is 5.69 Å². The van der Waals surface area contributed by atoms with Crippen LogP contribution >= 0.6 is 0 Å². The number of benzene rings is 1. The standard InChI is InChI=1S/C9H14N2O/c10-9-3-1-8(2-4-9)7-11-5-6-12/h1-4,11-12H,5-7,10H2. The van der Waals surface area contributed by atoms with Crippen LogP contribution in [-0.2, 0) is 6.54 Å². The summed E-state index contributed by atoms with van der Waals surface area (Å²) in [5.74, 6) is 0. The molecule has 1 aromatic rings. The number of hydrogen-bond donors (Lipinski definition) is 3. The molecule has 0 aliphatic heterocycles. The predicted molar refractivity (Wildman–Crippen MR) is 49.6 cm³/mol. The second-order valence-corrected chi connectivity index (χ2v) is 2.64. The van der Waals surface area contributed by atoms with Crippen LogP contribution in [0.2, 0.25) is 0 Å². The third-order valence-electron chi connectivity index (χ3n) is 1.60. The van der Waals surface area contributed by atoms with E-state index >= 15 is 0 Å². The maximum absolute atomic E-state index is 8.51. The average molecular weight is 166 g/mol. The molecule has 0 aromatic heterocycles. The Morgan fingerprint density at radius 3 is 2.50 bits per heavy atom. The van der Waals surface area contributed by atoms with Gasteiger partial charge in [-0.15, -0.1) is 0 Å². The minimum absolute atomic E-state index is 0.176. The molecule has 0 bridgehead atoms. The number of hydrogen-bond acceptors (Lipinski definition) is 3. The first-order chi connectivity index (χ1) is 5.83. The van der Waals surface area contributed by atoms with E-state index in [-0.39, 0.29) is 6.61 Å². The van der Waals surface area contributed by atoms with E-state index in [2.05, 4.69) is 5.32 Å². The highest BCUT2D eigenvalue weighted by molar-refractivity contribution is 5.39. The molecular weight excluding hydrogens is 152 g/mol. The summed E-state index contributed by atoms with van der Waals surface area (Å²) in [7, 11) is 0. The third-order valence-corrected chi connectivity index (χ3v) is 1.60. The van der Waals surface area contributed by atoms with Crippen LogP contribution in [0.15, 0.2) is 24.3 Å². The van der Waals surface area contributed by atoms with Gasteiger partial charge in [-0.3, -0.25) is 0 Å². The number of nitrogens with one attached hydrogen (secondary N) is 1. The maximum Gasteiger partial charge on any atom is 0.0556 e. The number of rotatable bonds is 4. The first-order valence-electron chi connectivity index (χ1n) is 3.99. The molecule has 0 saturated carbocycles. The van der Waals surface area contributed by atoms with Crippen molar-refractivity contribution in [2.75, 3.05) is 18.9 Å². The fourth-order valence-corrected chi connectivity index (χ4v) is 0.947. The topological polar surface area (TPSA) is 58.3 Å². The average Bonchev–Trinajstić information content (AvgIpc) is 2.09. The summed E-state index contributed by atoms with van der Waals surface area (Å²) in [4.78, 5) is 0. The Labute approximate surface area is 72.2 Å². The van der Waals surface area contributed by atoms with Crippen molar-refractivity contribution in [3.63, 3.8) is 0 Å². The Morgan fingerprint density at radius 1 is 1.25 bits per heavy atom. The third kappa shape index (κ3) is 2.90. The Balaban J connectivity index is 2.37. The van der Waals surface area contributed by atoms with Gasteiger partial charge in [0, 0.05) is 18.8 Å². The van der Waals surface area contributed by atoms with Crippen molar-refractivity contribution in [1.29, 1.82) is 0 Å². The van der Waals surface area contributed by atoms with Crippen LogP contribution in [-0.4, -0.2) is 18.3 Å². The molecule has 0 atom stereocenters. The van der Waals surface area contributed by atoms with Gasteiger partial charge in [-0.25, -0.2) is 0 Å². The highest BCUT2D eigenvalue weighted by Gasteiger charge is 1.90. The summed E-state index contributed by atoms with van der Waals surface area (Å²) in [5, 5.41) is 11.6. The van der Waals surface area contributed by atoms with Gasteiger partial charge in [0.25, 0.3) is 0 Å². The molecule has 3 nitrogen and oxygen atoms in total. The van der Waals surface area contributed by atoms with Crippen molar-refractivity contribution < 1.29 is 5.11 Å². The van der Waals surface area contributed by atoms with Gasteiger partial charge < -0.3 is 16.2 Å². The molecule has 0 spiro atoms. The summed E-state index contributed by atoms with van der Waals surface area (Å²) in [5.41, 5.74) is 7.48. The Bertz CT molecular complexity index is 220. The van der Waals surface area contributed by atoms with Gasteiger partial charge in [0.2, 0.25) is 0 Å². The van der Waals surface area contributed by atoms with Crippen LogP contribution < -0.4 is 11.1 Å². The normalized spacial score (nSPS) is 10.1. The fourth-order valence-electron chi connectivity index (χ4n) is 0.947. The van der Waals surface area contributed by atoms with Crippen LogP contribution in [0.3, 0.4) is 0 Å². The molecule has 0 radical (unpaired) electrons. The molecule has 0 heterocycles. The monoisotopic (exact) mass is 166 g/mol. The van der Waals surface area contributed by atoms with Crippen molar-refractivity contribution in [1.82, 2.24) is 5.32 Å². The van der Waals surface area contributed by atoms with Crippen molar-refractivity contribution in [2.24, 2.45) is 0 Å². The zero-order valence-electron chi connectivity index (χ0n) is 6.96. The largest absolute Gasteiger partial charge is 0.399 e. The molecule has 0 fully saturated rings. The maximum atomic E-state index is 8.51. The van der Waals surface area contributed by atoms with Gasteiger partial charge in [0.15, 0.2) is 0 Å². The molecule has 66 valence electrons. The lowest BCUT2D eigenvalue weighted by Crippen LogP contribution is -2.17. The minimum Gasteiger partial charge on any atom is -0.399 e. The molecule has 4 N–H and O–H groups in total. The zero-order valence-corrected chi connectivity index (χ0v) is 6.96. The molecule has 0 amide bonds. The summed E-state index contributed by atoms with van der Waals surface area (Å²) < 4.78 is 0. The molecule has 0 aliphatic carbocycles. The second kappa shape index (κ2) is 4.74. The van der Waals surface area contributed by atoms with Gasteiger partial charge in [-0.05, 0) is 17.7 Å². The van der Waals surface area contributed by atoms with Gasteiger partial charge in [-0.2, -0.15) is 0 Å². The van der Waals surface area contributed by atoms with E-state index < -0.39 is 0 Å². The Morgan fingerprint density at radius 2 is 1.92 bits per heavy atom. The van der Waals surface area contributed by atoms with Gasteiger partial charge in [0.05, 0.1) is 6.61 Å². The van der Waals surface area contributed by atoms with Crippen molar-refractivity contribution in [3.8, 4) is 0 Å². The predicted octanol–water partition coefficient (Wildman–Crippen LogP) is 0.351. The van der Waals surface area contributed by atoms with Gasteiger partial charge >= 0.3 is 0 Å². The fraction of sp³-hybridized carbons (Fsp3) is 0.333. The quantitative estimate of drug-likeness (QED) is 0.447. The first-order valence-corrected chi connectivity index (χ1v) is 3.99. The van der Waals surface area contributed by atoms with E-state index in [1.807, 2.05) is 24.3 Å². The van der Waals surface area contributed by atoms with Gasteiger partial charge in [-0.1, -0.05) is 12.1 Å². The minimum atomic E-state index is 0.176. The highest BCUT2D eigenvalue weighted by Crippen LogP contribution is 2.04. The summed E-state index contributed by atoms with van der Waals surface area (Å²) in [6.07, 6.45) is 0. The van der Waals surface area contributed by atoms with E-state index in [1.54, 1.807) is 0 Å². The highest BCUT2D eigenvalue weighted by atomic mass is 16.3. The molecule has 3 heteroatoms. The van der Waals surface area contributed by atoms with E-state index in [4.69, 9.17) is 10.8 Å². The lowest BCUT2D eigenvalue weighted by molar-refractivity contribution is 0.292. The number of aliphatic hydroxyl groups excluding tert-OH is 1. The zero-order chi connectivity index (χ0) is 8.81. The summed E-state index contributed by atoms with van der Waals surface area (Å²) >= 11 is 0. The second-order valence-electron chi connectivity index (χ2n) is 2.64. The molecule has 0 aliphatic rings.